The van der Waals surface area contributed by atoms with Crippen LogP contribution in [0.25, 0.3) is 22.3 Å². The Kier molecular flexibility index (Phi) is 7.81. The van der Waals surface area contributed by atoms with E-state index in [1.807, 2.05) is 18.2 Å². The maximum absolute atomic E-state index is 12.4. The van der Waals surface area contributed by atoms with E-state index >= 15 is 0 Å². The van der Waals surface area contributed by atoms with Gasteiger partial charge >= 0.3 is 11.4 Å². The molecule has 0 bridgehead atoms. The van der Waals surface area contributed by atoms with Crippen molar-refractivity contribution in [1.82, 2.24) is 42.7 Å². The Labute approximate surface area is 223 Å². The summed E-state index contributed by atoms with van der Waals surface area (Å²) >= 11 is 0. The molecular weight excluding hydrogens is 502 g/mol. The molecule has 13 nitrogen and oxygen atoms in total. The molecule has 1 N–H and O–H groups in total. The smallest absolute Gasteiger partial charge is 0.328 e. The number of aryl methyl sites for hydroxylation is 3. The Morgan fingerprint density at radius 2 is 1.28 bits per heavy atom. The summed E-state index contributed by atoms with van der Waals surface area (Å²) in [5.41, 5.74) is 1.68. The molecule has 0 spiro atoms. The molecule has 0 amide bonds. The van der Waals surface area contributed by atoms with Crippen molar-refractivity contribution in [3.8, 4) is 0 Å². The molecule has 1 unspecified atom stereocenters. The molecule has 13 heteroatoms. The van der Waals surface area contributed by atoms with Gasteiger partial charge in [0.15, 0.2) is 22.3 Å². The molecule has 0 fully saturated rings. The van der Waals surface area contributed by atoms with Gasteiger partial charge in [-0.2, -0.15) is 0 Å². The number of fused-ring (bicyclic) bond motifs is 2. The Hall–Kier alpha value is -4.52. The minimum absolute atomic E-state index is 0.312. The normalized spacial score (nSPS) is 12.1. The number of rotatable bonds is 6. The molecule has 0 aliphatic heterocycles. The van der Waals surface area contributed by atoms with Gasteiger partial charge in [-0.15, -0.1) is 0 Å². The van der Waals surface area contributed by atoms with Crippen LogP contribution < -0.4 is 27.8 Å². The van der Waals surface area contributed by atoms with Gasteiger partial charge in [0, 0.05) is 54.4 Å². The first-order chi connectivity index (χ1) is 18.5. The molecule has 5 rings (SSSR count). The second-order valence-corrected chi connectivity index (χ2v) is 9.59. The highest BCUT2D eigenvalue weighted by Crippen LogP contribution is 2.06. The first-order valence-corrected chi connectivity index (χ1v) is 12.5. The van der Waals surface area contributed by atoms with Crippen molar-refractivity contribution in [3.63, 3.8) is 0 Å². The predicted octanol–water partition coefficient (Wildman–Crippen LogP) is -0.375. The molecule has 0 aliphatic carbocycles. The Bertz CT molecular complexity index is 1870. The molecule has 4 heterocycles. The Morgan fingerprint density at radius 3 is 1.90 bits per heavy atom. The van der Waals surface area contributed by atoms with Gasteiger partial charge in [-0.1, -0.05) is 30.3 Å². The zero-order valence-corrected chi connectivity index (χ0v) is 23.0. The lowest BCUT2D eigenvalue weighted by Crippen LogP contribution is -2.38. The maximum Gasteiger partial charge on any atom is 0.332 e. The Morgan fingerprint density at radius 1 is 0.744 bits per heavy atom. The van der Waals surface area contributed by atoms with E-state index in [0.717, 1.165) is 15.6 Å². The summed E-state index contributed by atoms with van der Waals surface area (Å²) in [6.07, 6.45) is 4.09. The van der Waals surface area contributed by atoms with Crippen molar-refractivity contribution in [2.24, 2.45) is 35.2 Å². The van der Waals surface area contributed by atoms with E-state index in [-0.39, 0.29) is 22.5 Å². The molecular formula is C26H33N9O4. The third-order valence-electron chi connectivity index (χ3n) is 6.76. The molecule has 0 aliphatic rings. The van der Waals surface area contributed by atoms with Crippen LogP contribution in [0.4, 0.5) is 0 Å². The molecule has 0 radical (unpaired) electrons. The van der Waals surface area contributed by atoms with E-state index in [2.05, 4.69) is 34.3 Å². The van der Waals surface area contributed by atoms with E-state index in [1.165, 1.54) is 35.1 Å². The first kappa shape index (κ1) is 27.5. The highest BCUT2D eigenvalue weighted by atomic mass is 16.2. The van der Waals surface area contributed by atoms with Crippen molar-refractivity contribution in [1.29, 1.82) is 0 Å². The monoisotopic (exact) mass is 535 g/mol. The molecule has 4 aromatic heterocycles. The summed E-state index contributed by atoms with van der Waals surface area (Å²) in [6, 6.07) is 10.7. The standard InChI is InChI=1S/C18H23N5O2.C8H10N4O2/c1-13(11-14-7-5-4-6-8-14)19-9-10-23-12-20-16-15(23)17(24)22(3)18(25)21(16)2;1-10-4-9-6-5(10)7(13)12(3)8(14)11(6)2/h4-8,12-13,19H,9-11H2,1-3H3;4H,1-3H3. The van der Waals surface area contributed by atoms with Gasteiger partial charge in [0.2, 0.25) is 0 Å². The van der Waals surface area contributed by atoms with Gasteiger partial charge in [0.25, 0.3) is 11.1 Å². The van der Waals surface area contributed by atoms with Crippen molar-refractivity contribution in [3.05, 3.63) is 90.2 Å². The van der Waals surface area contributed by atoms with Gasteiger partial charge in [-0.3, -0.25) is 27.9 Å². The van der Waals surface area contributed by atoms with E-state index in [1.54, 1.807) is 36.6 Å². The van der Waals surface area contributed by atoms with Crippen molar-refractivity contribution >= 4 is 22.3 Å². The summed E-state index contributed by atoms with van der Waals surface area (Å²) in [7, 11) is 7.89. The molecule has 1 atom stereocenters. The summed E-state index contributed by atoms with van der Waals surface area (Å²) < 4.78 is 8.36. The number of benzene rings is 1. The van der Waals surface area contributed by atoms with Crippen LogP contribution in [0.15, 0.2) is 62.2 Å². The fraction of sp³-hybridized carbons (Fsp3) is 0.385. The average molecular weight is 536 g/mol. The zero-order chi connectivity index (χ0) is 28.4. The topological polar surface area (TPSA) is 136 Å². The van der Waals surface area contributed by atoms with Crippen LogP contribution in [-0.4, -0.2) is 50.0 Å². The van der Waals surface area contributed by atoms with Crippen molar-refractivity contribution in [2.45, 2.75) is 25.9 Å². The van der Waals surface area contributed by atoms with Gasteiger partial charge < -0.3 is 14.5 Å². The van der Waals surface area contributed by atoms with Crippen LogP contribution in [-0.2, 0) is 48.2 Å². The van der Waals surface area contributed by atoms with E-state index in [9.17, 15) is 19.2 Å². The van der Waals surface area contributed by atoms with E-state index in [4.69, 9.17) is 0 Å². The zero-order valence-electron chi connectivity index (χ0n) is 23.0. The lowest BCUT2D eigenvalue weighted by molar-refractivity contribution is 0.515. The van der Waals surface area contributed by atoms with Gasteiger partial charge in [0.05, 0.1) is 12.7 Å². The first-order valence-electron chi connectivity index (χ1n) is 12.5. The highest BCUT2D eigenvalue weighted by Gasteiger charge is 2.14. The van der Waals surface area contributed by atoms with Crippen LogP contribution in [0.2, 0.25) is 0 Å². The number of nitrogens with one attached hydrogen (secondary N) is 1. The minimum atomic E-state index is -0.364. The summed E-state index contributed by atoms with van der Waals surface area (Å²) in [6.45, 7) is 3.47. The average Bonchev–Trinajstić information content (AvgIpc) is 3.53. The maximum atomic E-state index is 12.4. The number of hydrogen-bond donors (Lipinski definition) is 1. The summed E-state index contributed by atoms with van der Waals surface area (Å²) in [5.74, 6) is 0. The van der Waals surface area contributed by atoms with Gasteiger partial charge in [-0.05, 0) is 18.9 Å². The minimum Gasteiger partial charge on any atom is -0.328 e. The summed E-state index contributed by atoms with van der Waals surface area (Å²) in [5, 5.41) is 3.47. The molecule has 39 heavy (non-hydrogen) atoms. The van der Waals surface area contributed by atoms with E-state index < -0.39 is 0 Å². The van der Waals surface area contributed by atoms with Crippen LogP contribution in [0.1, 0.15) is 12.5 Å². The van der Waals surface area contributed by atoms with Crippen LogP contribution in [0.5, 0.6) is 0 Å². The fourth-order valence-corrected chi connectivity index (χ4v) is 4.51. The van der Waals surface area contributed by atoms with Gasteiger partial charge in [0.1, 0.15) is 0 Å². The van der Waals surface area contributed by atoms with E-state index in [0.29, 0.717) is 41.5 Å². The molecule has 5 aromatic rings. The number of aromatic nitrogens is 8. The van der Waals surface area contributed by atoms with Crippen molar-refractivity contribution in [2.75, 3.05) is 6.54 Å². The predicted molar refractivity (Wildman–Crippen MR) is 149 cm³/mol. The summed E-state index contributed by atoms with van der Waals surface area (Å²) in [4.78, 5) is 55.7. The third-order valence-corrected chi connectivity index (χ3v) is 6.76. The number of imidazole rings is 2. The molecule has 206 valence electrons. The second-order valence-electron chi connectivity index (χ2n) is 9.59. The lowest BCUT2D eigenvalue weighted by atomic mass is 10.1. The lowest BCUT2D eigenvalue weighted by Gasteiger charge is -2.14. The number of hydrogen-bond acceptors (Lipinski definition) is 7. The van der Waals surface area contributed by atoms with Crippen LogP contribution in [0.3, 0.4) is 0 Å². The molecule has 1 aromatic carbocycles. The Balaban J connectivity index is 0.000000212. The SMILES string of the molecule is CC(Cc1ccccc1)NCCn1cnc2c1c(=O)n(C)c(=O)n2C.Cn1c(=O)c2c(ncn2C)n(C)c1=O. The largest absolute Gasteiger partial charge is 0.332 e. The quantitative estimate of drug-likeness (QED) is 0.313. The third kappa shape index (κ3) is 5.25. The van der Waals surface area contributed by atoms with Gasteiger partial charge in [-0.25, -0.2) is 19.6 Å². The second kappa shape index (κ2) is 11.1. The van der Waals surface area contributed by atoms with Crippen molar-refractivity contribution < 1.29 is 0 Å². The highest BCUT2D eigenvalue weighted by molar-refractivity contribution is 5.70. The molecule has 0 saturated carbocycles. The molecule has 0 saturated heterocycles. The number of nitrogens with zero attached hydrogens (tertiary/aromatic N) is 8. The van der Waals surface area contributed by atoms with Crippen LogP contribution >= 0.6 is 0 Å². The fourth-order valence-electron chi connectivity index (χ4n) is 4.51. The van der Waals surface area contributed by atoms with Crippen LogP contribution in [0, 0.1) is 0 Å².